The fraction of sp³-hybridized carbons (Fsp3) is 0. The maximum absolute atomic E-state index is 11.2. The number of benzene rings is 1. The number of carbonyl (C=O) groups excluding carboxylic acids is 2. The van der Waals surface area contributed by atoms with Crippen molar-refractivity contribution in [1.29, 1.82) is 0 Å². The molecule has 1 aliphatic rings. The summed E-state index contributed by atoms with van der Waals surface area (Å²) in [7, 11) is 0. The van der Waals surface area contributed by atoms with E-state index >= 15 is 0 Å². The Bertz CT molecular complexity index is 394. The third-order valence-corrected chi connectivity index (χ3v) is 1.84. The van der Waals surface area contributed by atoms with Crippen molar-refractivity contribution in [2.45, 2.75) is 0 Å². The minimum Gasteiger partial charge on any atom is -0.286 e. The molecule has 62 valence electrons. The smallest absolute Gasteiger partial charge is 0.233 e. The molecule has 0 unspecified atom stereocenters. The Morgan fingerprint density at radius 2 is 1.62 bits per heavy atom. The van der Waals surface area contributed by atoms with Gasteiger partial charge in [0.15, 0.2) is 0 Å². The molecule has 0 atom stereocenters. The van der Waals surface area contributed by atoms with Gasteiger partial charge in [-0.1, -0.05) is 30.3 Å². The summed E-state index contributed by atoms with van der Waals surface area (Å²) in [6.45, 7) is 0. The molecular weight excluding hydrogens is 359 g/mol. The second-order valence-electron chi connectivity index (χ2n) is 2.61. The summed E-state index contributed by atoms with van der Waals surface area (Å²) >= 11 is 0. The van der Waals surface area contributed by atoms with Crippen LogP contribution in [0.2, 0.25) is 0 Å². The molecule has 0 heterocycles. The predicted molar refractivity (Wildman–Crippen MR) is 50.6 cm³/mol. The molecule has 1 aromatic carbocycles. The van der Waals surface area contributed by atoms with Crippen molar-refractivity contribution in [3.05, 3.63) is 41.5 Å². The van der Waals surface area contributed by atoms with E-state index in [2.05, 4.69) is 0 Å². The minimum absolute atomic E-state index is 0. The second kappa shape index (κ2) is 3.95. The molecule has 2 rings (SSSR count). The fourth-order valence-electron chi connectivity index (χ4n) is 1.22. The van der Waals surface area contributed by atoms with Crippen LogP contribution in [0, 0.1) is 0 Å². The number of hydrogen-bond acceptors (Lipinski definition) is 2. The van der Waals surface area contributed by atoms with Crippen LogP contribution in [0.1, 0.15) is 15.9 Å². The number of allylic oxidation sites excluding steroid dienone is 1. The normalized spacial score (nSPS) is 13.5. The Kier molecular flexibility index (Phi) is 3.13. The van der Waals surface area contributed by atoms with Gasteiger partial charge in [-0.25, -0.2) is 0 Å². The first-order valence-corrected chi connectivity index (χ1v) is 3.65. The predicted octanol–water partition coefficient (Wildman–Crippen LogP) is 1.08. The molecule has 0 fully saturated rings. The summed E-state index contributed by atoms with van der Waals surface area (Å²) in [5, 5.41) is 0. The van der Waals surface area contributed by atoms with E-state index in [1.54, 1.807) is 18.2 Å². The Morgan fingerprint density at radius 1 is 0.923 bits per heavy atom. The molecule has 0 aromatic heterocycles. The molecule has 13 heavy (non-hydrogen) atoms. The molecule has 3 heteroatoms. The van der Waals surface area contributed by atoms with Gasteiger partial charge in [0.25, 0.3) is 0 Å². The number of hydrogen-bond donors (Lipinski definition) is 0. The van der Waals surface area contributed by atoms with Gasteiger partial charge >= 0.3 is 0 Å². The number of carbonyl (C=O) groups is 2. The van der Waals surface area contributed by atoms with Gasteiger partial charge in [-0.3, -0.25) is 9.59 Å². The quantitative estimate of drug-likeness (QED) is 0.510. The zero-order valence-corrected chi connectivity index (χ0v) is 10.7. The van der Waals surface area contributed by atoms with Crippen LogP contribution in [0.5, 0.6) is 0 Å². The molecule has 1 aliphatic carbocycles. The van der Waals surface area contributed by atoms with E-state index in [9.17, 15) is 9.59 Å². The van der Waals surface area contributed by atoms with Gasteiger partial charge in [0.1, 0.15) is 0 Å². The van der Waals surface area contributed by atoms with Crippen LogP contribution in [0.4, 0.5) is 0 Å². The maximum atomic E-state index is 11.2. The van der Waals surface area contributed by atoms with Crippen LogP contribution in [0.3, 0.4) is 0 Å². The third kappa shape index (κ3) is 1.77. The maximum Gasteiger partial charge on any atom is 0.233 e. The summed E-state index contributed by atoms with van der Waals surface area (Å²) in [6, 6.07) is 7.07. The van der Waals surface area contributed by atoms with E-state index in [1.807, 2.05) is 12.1 Å². The zero-order valence-electron chi connectivity index (χ0n) is 6.78. The van der Waals surface area contributed by atoms with Crippen molar-refractivity contribution in [1.82, 2.24) is 0 Å². The van der Waals surface area contributed by atoms with Crippen molar-refractivity contribution in [3.8, 4) is 0 Å². The number of Topliss-reactive ketones (excluding diaryl/α,β-unsaturated/α-hetero) is 1. The van der Waals surface area contributed by atoms with Gasteiger partial charge in [-0.15, -0.1) is 0 Å². The van der Waals surface area contributed by atoms with Crippen molar-refractivity contribution >= 4 is 44.9 Å². The molecule has 2 nitrogen and oxygen atoms in total. The summed E-state index contributed by atoms with van der Waals surface area (Å²) in [6.07, 6.45) is 2.98. The first-order valence-electron chi connectivity index (χ1n) is 3.65. The minimum atomic E-state index is -0.436. The molecule has 1 aromatic rings. The average Bonchev–Trinajstić information content (AvgIpc) is 2.12. The van der Waals surface area contributed by atoms with Gasteiger partial charge < -0.3 is 0 Å². The van der Waals surface area contributed by atoms with E-state index in [0.29, 0.717) is 5.56 Å². The standard InChI is InChI=1S/C10H6O2.Pb/c11-9-6-5-7-3-1-2-4-8(7)10(9)12;/h1-6H;. The Morgan fingerprint density at radius 3 is 2.38 bits per heavy atom. The molecule has 4 radical (unpaired) electrons. The summed E-state index contributed by atoms with van der Waals surface area (Å²) in [5.41, 5.74) is 1.33. The number of fused-ring (bicyclic) bond motifs is 1. The second-order valence-corrected chi connectivity index (χ2v) is 2.61. The van der Waals surface area contributed by atoms with Crippen LogP contribution < -0.4 is 0 Å². The van der Waals surface area contributed by atoms with Gasteiger partial charge in [0, 0.05) is 32.9 Å². The Balaban J connectivity index is 0.000000845. The first kappa shape index (κ1) is 10.3. The van der Waals surface area contributed by atoms with Crippen LogP contribution in [-0.2, 0) is 4.79 Å². The van der Waals surface area contributed by atoms with E-state index < -0.39 is 11.6 Å². The number of ketones is 2. The van der Waals surface area contributed by atoms with Crippen LogP contribution in [0.15, 0.2) is 30.3 Å². The van der Waals surface area contributed by atoms with Crippen LogP contribution in [0.25, 0.3) is 6.08 Å². The Labute approximate surface area is 95.8 Å². The van der Waals surface area contributed by atoms with E-state index in [0.717, 1.165) is 5.56 Å². The first-order chi connectivity index (χ1) is 5.79. The fourth-order valence-corrected chi connectivity index (χ4v) is 1.22. The van der Waals surface area contributed by atoms with Crippen LogP contribution >= 0.6 is 0 Å². The summed E-state index contributed by atoms with van der Waals surface area (Å²) < 4.78 is 0. The van der Waals surface area contributed by atoms with Gasteiger partial charge in [0.2, 0.25) is 11.6 Å². The van der Waals surface area contributed by atoms with Gasteiger partial charge in [-0.2, -0.15) is 0 Å². The molecule has 0 aliphatic heterocycles. The molecular formula is C10H6O2Pb. The van der Waals surface area contributed by atoms with Gasteiger partial charge in [0.05, 0.1) is 0 Å². The zero-order chi connectivity index (χ0) is 8.55. The van der Waals surface area contributed by atoms with E-state index in [-0.39, 0.29) is 27.3 Å². The molecule has 0 amide bonds. The van der Waals surface area contributed by atoms with Gasteiger partial charge in [-0.05, 0) is 11.6 Å². The summed E-state index contributed by atoms with van der Waals surface area (Å²) in [4.78, 5) is 22.1. The van der Waals surface area contributed by atoms with Crippen molar-refractivity contribution in [2.24, 2.45) is 0 Å². The molecule has 0 N–H and O–H groups in total. The number of rotatable bonds is 0. The largest absolute Gasteiger partial charge is 0.286 e. The molecule has 0 saturated heterocycles. The Hall–Kier alpha value is -0.778. The summed E-state index contributed by atoms with van der Waals surface area (Å²) in [5.74, 6) is -0.846. The molecule has 0 spiro atoms. The molecule has 0 bridgehead atoms. The van der Waals surface area contributed by atoms with E-state index in [4.69, 9.17) is 0 Å². The van der Waals surface area contributed by atoms with Crippen molar-refractivity contribution < 1.29 is 9.59 Å². The van der Waals surface area contributed by atoms with E-state index in [1.165, 1.54) is 6.08 Å². The SMILES string of the molecule is O=C1C=Cc2ccccc2C1=O.[Pb]. The van der Waals surface area contributed by atoms with Crippen LogP contribution in [-0.4, -0.2) is 38.9 Å². The van der Waals surface area contributed by atoms with Crippen molar-refractivity contribution in [3.63, 3.8) is 0 Å². The average molecular weight is 365 g/mol. The molecule has 0 saturated carbocycles. The monoisotopic (exact) mass is 366 g/mol. The van der Waals surface area contributed by atoms with Crippen molar-refractivity contribution in [2.75, 3.05) is 0 Å². The third-order valence-electron chi connectivity index (χ3n) is 1.84. The topological polar surface area (TPSA) is 34.1 Å².